The molecule has 0 fully saturated rings. The van der Waals surface area contributed by atoms with Crippen molar-refractivity contribution >= 4 is 11.0 Å². The molecule has 0 saturated carbocycles. The van der Waals surface area contributed by atoms with E-state index in [0.29, 0.717) is 0 Å². The molecule has 0 bridgehead atoms. The van der Waals surface area contributed by atoms with Gasteiger partial charge in [0.1, 0.15) is 5.58 Å². The van der Waals surface area contributed by atoms with Crippen molar-refractivity contribution < 1.29 is 4.42 Å². The van der Waals surface area contributed by atoms with Gasteiger partial charge in [0.25, 0.3) is 0 Å². The molecule has 14 heavy (non-hydrogen) atoms. The minimum absolute atomic E-state index is 0.885. The second-order valence-corrected chi connectivity index (χ2v) is 3.23. The number of furan rings is 1. The molecule has 0 aliphatic carbocycles. The molecule has 0 atom stereocenters. The van der Waals surface area contributed by atoms with Gasteiger partial charge < -0.3 is 9.40 Å². The van der Waals surface area contributed by atoms with Gasteiger partial charge in [0.2, 0.25) is 0 Å². The van der Waals surface area contributed by atoms with Gasteiger partial charge >= 0.3 is 0 Å². The maximum atomic E-state index is 5.68. The van der Waals surface area contributed by atoms with E-state index >= 15 is 0 Å². The van der Waals surface area contributed by atoms with Crippen LogP contribution in [0.2, 0.25) is 0 Å². The summed E-state index contributed by atoms with van der Waals surface area (Å²) in [5, 5.41) is 1.14. The highest BCUT2D eigenvalue weighted by Gasteiger charge is 2.04. The van der Waals surface area contributed by atoms with E-state index in [0.717, 1.165) is 22.4 Å². The molecule has 2 nitrogen and oxygen atoms in total. The lowest BCUT2D eigenvalue weighted by Gasteiger charge is -1.88. The number of H-pyrrole nitrogens is 1. The third-order valence-electron chi connectivity index (χ3n) is 2.29. The highest BCUT2D eigenvalue weighted by atomic mass is 16.3. The van der Waals surface area contributed by atoms with Crippen molar-refractivity contribution in [2.45, 2.75) is 0 Å². The molecular weight excluding hydrogens is 174 g/mol. The Morgan fingerprint density at radius 1 is 1.00 bits per heavy atom. The first-order valence-electron chi connectivity index (χ1n) is 4.56. The van der Waals surface area contributed by atoms with E-state index < -0.39 is 0 Å². The van der Waals surface area contributed by atoms with Crippen molar-refractivity contribution in [2.24, 2.45) is 0 Å². The van der Waals surface area contributed by atoms with Crippen LogP contribution in [0.5, 0.6) is 0 Å². The van der Waals surface area contributed by atoms with Crippen LogP contribution in [-0.2, 0) is 0 Å². The smallest absolute Gasteiger partial charge is 0.151 e. The maximum absolute atomic E-state index is 5.68. The van der Waals surface area contributed by atoms with Gasteiger partial charge in [-0.3, -0.25) is 0 Å². The average Bonchev–Trinajstić information content (AvgIpc) is 2.86. The fraction of sp³-hybridized carbons (Fsp3) is 0. The van der Waals surface area contributed by atoms with Crippen molar-refractivity contribution in [3.63, 3.8) is 0 Å². The quantitative estimate of drug-likeness (QED) is 0.615. The van der Waals surface area contributed by atoms with Crippen molar-refractivity contribution in [3.05, 3.63) is 48.7 Å². The minimum atomic E-state index is 0.885. The van der Waals surface area contributed by atoms with E-state index in [9.17, 15) is 0 Å². The number of benzene rings is 1. The van der Waals surface area contributed by atoms with Crippen molar-refractivity contribution in [2.75, 3.05) is 0 Å². The molecule has 0 unspecified atom stereocenters. The first kappa shape index (κ1) is 7.44. The van der Waals surface area contributed by atoms with Gasteiger partial charge in [-0.05, 0) is 24.3 Å². The van der Waals surface area contributed by atoms with E-state index in [1.54, 1.807) is 0 Å². The highest BCUT2D eigenvalue weighted by Crippen LogP contribution is 2.25. The number of rotatable bonds is 1. The molecule has 2 aromatic heterocycles. The van der Waals surface area contributed by atoms with Gasteiger partial charge in [0.15, 0.2) is 5.76 Å². The molecule has 1 aromatic carbocycles. The van der Waals surface area contributed by atoms with Gasteiger partial charge in [0.05, 0.1) is 5.69 Å². The second kappa shape index (κ2) is 2.77. The summed E-state index contributed by atoms with van der Waals surface area (Å²) in [5.41, 5.74) is 1.94. The van der Waals surface area contributed by atoms with Crippen LogP contribution in [0.15, 0.2) is 53.1 Å². The molecule has 2 heterocycles. The lowest BCUT2D eigenvalue weighted by atomic mass is 10.2. The molecule has 0 spiro atoms. The monoisotopic (exact) mass is 183 g/mol. The zero-order valence-corrected chi connectivity index (χ0v) is 7.53. The zero-order valence-electron chi connectivity index (χ0n) is 7.53. The van der Waals surface area contributed by atoms with Gasteiger partial charge in [-0.15, -0.1) is 0 Å². The number of aromatic amines is 1. The van der Waals surface area contributed by atoms with Crippen LogP contribution in [-0.4, -0.2) is 4.98 Å². The Hall–Kier alpha value is -1.96. The molecule has 0 saturated heterocycles. The van der Waals surface area contributed by atoms with Crippen LogP contribution in [0.1, 0.15) is 0 Å². The summed E-state index contributed by atoms with van der Waals surface area (Å²) in [6, 6.07) is 14.0. The molecule has 68 valence electrons. The molecule has 0 aliphatic heterocycles. The van der Waals surface area contributed by atoms with Gasteiger partial charge in [-0.25, -0.2) is 0 Å². The van der Waals surface area contributed by atoms with Crippen molar-refractivity contribution in [1.29, 1.82) is 0 Å². The van der Waals surface area contributed by atoms with E-state index in [1.807, 2.05) is 48.7 Å². The molecule has 2 heteroatoms. The Morgan fingerprint density at radius 3 is 2.71 bits per heavy atom. The highest BCUT2D eigenvalue weighted by molar-refractivity contribution is 5.82. The minimum Gasteiger partial charge on any atom is -0.455 e. The van der Waals surface area contributed by atoms with Crippen LogP contribution in [0.3, 0.4) is 0 Å². The Balaban J connectivity index is 2.24. The molecule has 0 aliphatic rings. The summed E-state index contributed by atoms with van der Waals surface area (Å²) in [6.45, 7) is 0. The standard InChI is InChI=1S/C12H9NO/c1-2-6-11-9(4-1)8-12(14-11)10-5-3-7-13-10/h1-8,13H. The van der Waals surface area contributed by atoms with Crippen molar-refractivity contribution in [1.82, 2.24) is 4.98 Å². The zero-order chi connectivity index (χ0) is 9.38. The summed E-state index contributed by atoms with van der Waals surface area (Å²) >= 11 is 0. The van der Waals surface area contributed by atoms with E-state index in [4.69, 9.17) is 4.42 Å². The summed E-state index contributed by atoms with van der Waals surface area (Å²) in [5.74, 6) is 0.885. The van der Waals surface area contributed by atoms with E-state index in [-0.39, 0.29) is 0 Å². The number of para-hydroxylation sites is 1. The number of hydrogen-bond donors (Lipinski definition) is 1. The Kier molecular flexibility index (Phi) is 1.47. The predicted molar refractivity (Wildman–Crippen MR) is 56.0 cm³/mol. The van der Waals surface area contributed by atoms with Gasteiger partial charge in [-0.1, -0.05) is 18.2 Å². The van der Waals surface area contributed by atoms with Gasteiger partial charge in [-0.2, -0.15) is 0 Å². The normalized spacial score (nSPS) is 10.9. The van der Waals surface area contributed by atoms with Crippen LogP contribution < -0.4 is 0 Å². The SMILES string of the molecule is c1c[nH]c(-c2cc3ccccc3o2)c1. The van der Waals surface area contributed by atoms with E-state index in [1.165, 1.54) is 0 Å². The first-order valence-corrected chi connectivity index (χ1v) is 4.56. The predicted octanol–water partition coefficient (Wildman–Crippen LogP) is 3.43. The van der Waals surface area contributed by atoms with Crippen molar-refractivity contribution in [3.8, 4) is 11.5 Å². The molecule has 3 rings (SSSR count). The molecule has 0 radical (unpaired) electrons. The number of aromatic nitrogens is 1. The van der Waals surface area contributed by atoms with Crippen LogP contribution in [0.25, 0.3) is 22.4 Å². The number of hydrogen-bond acceptors (Lipinski definition) is 1. The second-order valence-electron chi connectivity index (χ2n) is 3.23. The largest absolute Gasteiger partial charge is 0.455 e. The molecule has 1 N–H and O–H groups in total. The lowest BCUT2D eigenvalue weighted by molar-refractivity contribution is 0.629. The lowest BCUT2D eigenvalue weighted by Crippen LogP contribution is -1.68. The van der Waals surface area contributed by atoms with E-state index in [2.05, 4.69) is 4.98 Å². The third-order valence-corrected chi connectivity index (χ3v) is 2.29. The molecule has 3 aromatic rings. The Labute approximate surface area is 81.2 Å². The Morgan fingerprint density at radius 2 is 1.93 bits per heavy atom. The molecular formula is C12H9NO. The van der Waals surface area contributed by atoms with Crippen LogP contribution in [0.4, 0.5) is 0 Å². The maximum Gasteiger partial charge on any atom is 0.151 e. The first-order chi connectivity index (χ1) is 6.93. The average molecular weight is 183 g/mol. The number of fused-ring (bicyclic) bond motifs is 1. The summed E-state index contributed by atoms with van der Waals surface area (Å²) in [4.78, 5) is 3.12. The van der Waals surface area contributed by atoms with Crippen LogP contribution in [0, 0.1) is 0 Å². The number of nitrogens with one attached hydrogen (secondary N) is 1. The fourth-order valence-corrected chi connectivity index (χ4v) is 1.60. The Bertz CT molecular complexity index is 515. The molecule has 0 amide bonds. The summed E-state index contributed by atoms with van der Waals surface area (Å²) in [6.07, 6.45) is 1.89. The fourth-order valence-electron chi connectivity index (χ4n) is 1.60. The summed E-state index contributed by atoms with van der Waals surface area (Å²) in [7, 11) is 0. The summed E-state index contributed by atoms with van der Waals surface area (Å²) < 4.78 is 5.68. The van der Waals surface area contributed by atoms with Gasteiger partial charge in [0, 0.05) is 11.6 Å². The topological polar surface area (TPSA) is 28.9 Å². The van der Waals surface area contributed by atoms with Crippen LogP contribution >= 0.6 is 0 Å². The third kappa shape index (κ3) is 1.04.